The van der Waals surface area contributed by atoms with Gasteiger partial charge in [-0.1, -0.05) is 12.1 Å². The molecule has 0 aliphatic carbocycles. The summed E-state index contributed by atoms with van der Waals surface area (Å²) in [5.74, 6) is -0.271. The highest BCUT2D eigenvalue weighted by molar-refractivity contribution is 5.71. The number of benzene rings is 1. The van der Waals surface area contributed by atoms with Gasteiger partial charge in [-0.05, 0) is 32.4 Å². The van der Waals surface area contributed by atoms with Gasteiger partial charge in [-0.25, -0.2) is 0 Å². The van der Waals surface area contributed by atoms with Gasteiger partial charge in [-0.3, -0.25) is 9.69 Å². The molecule has 1 fully saturated rings. The van der Waals surface area contributed by atoms with Crippen molar-refractivity contribution in [2.45, 2.75) is 32.5 Å². The second-order valence-electron chi connectivity index (χ2n) is 6.06. The van der Waals surface area contributed by atoms with Gasteiger partial charge in [0.1, 0.15) is 6.61 Å². The minimum atomic E-state index is -0.946. The van der Waals surface area contributed by atoms with E-state index in [1.165, 1.54) is 0 Å². The minimum Gasteiger partial charge on any atom is -0.488 e. The zero-order valence-corrected chi connectivity index (χ0v) is 13.6. The van der Waals surface area contributed by atoms with Gasteiger partial charge in [-0.15, -0.1) is 0 Å². The van der Waals surface area contributed by atoms with Crippen LogP contribution in [0, 0.1) is 5.92 Å². The first-order valence-corrected chi connectivity index (χ1v) is 7.99. The molecule has 2 atom stereocenters. The van der Waals surface area contributed by atoms with E-state index in [4.69, 9.17) is 14.6 Å². The summed E-state index contributed by atoms with van der Waals surface area (Å²) in [7, 11) is 0. The number of nitrogens with zero attached hydrogens (tertiary/aromatic N) is 1. The minimum absolute atomic E-state index is 0.0691. The van der Waals surface area contributed by atoms with Crippen LogP contribution in [0.4, 0.5) is 0 Å². The van der Waals surface area contributed by atoms with E-state index in [0.29, 0.717) is 44.2 Å². The van der Waals surface area contributed by atoms with Crippen molar-refractivity contribution < 1.29 is 24.5 Å². The summed E-state index contributed by atoms with van der Waals surface area (Å²) in [5.41, 5.74) is 0. The SMILES string of the molecule is CC(C)Oc1ccccc1OCCN1CC[C@@H](O)[C@@H](C(=O)O)C1. The molecule has 1 aromatic carbocycles. The highest BCUT2D eigenvalue weighted by atomic mass is 16.5. The van der Waals surface area contributed by atoms with Crippen molar-refractivity contribution in [2.24, 2.45) is 5.92 Å². The molecule has 0 spiro atoms. The molecule has 23 heavy (non-hydrogen) atoms. The molecular weight excluding hydrogens is 298 g/mol. The van der Waals surface area contributed by atoms with Crippen molar-refractivity contribution in [1.82, 2.24) is 4.90 Å². The van der Waals surface area contributed by atoms with Gasteiger partial charge < -0.3 is 19.7 Å². The lowest BCUT2D eigenvalue weighted by atomic mass is 9.95. The van der Waals surface area contributed by atoms with Gasteiger partial charge in [0, 0.05) is 19.6 Å². The molecule has 0 radical (unpaired) electrons. The van der Waals surface area contributed by atoms with Crippen molar-refractivity contribution >= 4 is 5.97 Å². The zero-order valence-electron chi connectivity index (χ0n) is 13.6. The number of aliphatic carboxylic acids is 1. The first kappa shape index (κ1) is 17.6. The molecule has 2 rings (SSSR count). The zero-order chi connectivity index (χ0) is 16.8. The van der Waals surface area contributed by atoms with Crippen LogP contribution in [0.1, 0.15) is 20.3 Å². The predicted octanol–water partition coefficient (Wildman–Crippen LogP) is 1.62. The normalized spacial score (nSPS) is 22.1. The van der Waals surface area contributed by atoms with E-state index < -0.39 is 18.0 Å². The number of carboxylic acid groups (broad SMARTS) is 1. The predicted molar refractivity (Wildman–Crippen MR) is 85.9 cm³/mol. The van der Waals surface area contributed by atoms with E-state index in [9.17, 15) is 9.90 Å². The number of rotatable bonds is 7. The Bertz CT molecular complexity index is 519. The van der Waals surface area contributed by atoms with Crippen molar-refractivity contribution in [3.63, 3.8) is 0 Å². The number of carboxylic acids is 1. The van der Waals surface area contributed by atoms with E-state index in [2.05, 4.69) is 0 Å². The average Bonchev–Trinajstić information content (AvgIpc) is 2.50. The third kappa shape index (κ3) is 5.11. The van der Waals surface area contributed by atoms with E-state index >= 15 is 0 Å². The fourth-order valence-electron chi connectivity index (χ4n) is 2.66. The van der Waals surface area contributed by atoms with Crippen LogP contribution in [-0.4, -0.2) is 59.5 Å². The van der Waals surface area contributed by atoms with E-state index in [1.807, 2.05) is 43.0 Å². The molecule has 0 bridgehead atoms. The first-order valence-electron chi connectivity index (χ1n) is 7.99. The number of hydrogen-bond acceptors (Lipinski definition) is 5. The Morgan fingerprint density at radius 2 is 2.04 bits per heavy atom. The molecule has 1 heterocycles. The molecule has 0 amide bonds. The monoisotopic (exact) mass is 323 g/mol. The maximum atomic E-state index is 11.1. The molecule has 6 heteroatoms. The summed E-state index contributed by atoms with van der Waals surface area (Å²) < 4.78 is 11.5. The molecular formula is C17H25NO5. The Hall–Kier alpha value is -1.79. The highest BCUT2D eigenvalue weighted by Gasteiger charge is 2.32. The van der Waals surface area contributed by atoms with Crippen LogP contribution < -0.4 is 9.47 Å². The van der Waals surface area contributed by atoms with Crippen LogP contribution in [0.3, 0.4) is 0 Å². The number of carbonyl (C=O) groups is 1. The molecule has 6 nitrogen and oxygen atoms in total. The maximum Gasteiger partial charge on any atom is 0.310 e. The standard InChI is InChI=1S/C17H25NO5/c1-12(2)23-16-6-4-3-5-15(16)22-10-9-18-8-7-14(19)13(11-18)17(20)21/h3-6,12-14,19H,7-11H2,1-2H3,(H,20,21)/t13-,14+/m0/s1. The van der Waals surface area contributed by atoms with Crippen molar-refractivity contribution in [2.75, 3.05) is 26.2 Å². The third-order valence-electron chi connectivity index (χ3n) is 3.85. The number of para-hydroxylation sites is 2. The molecule has 1 aromatic rings. The van der Waals surface area contributed by atoms with Crippen LogP contribution >= 0.6 is 0 Å². The molecule has 1 saturated heterocycles. The molecule has 0 saturated carbocycles. The second kappa shape index (κ2) is 8.17. The second-order valence-corrected chi connectivity index (χ2v) is 6.06. The summed E-state index contributed by atoms with van der Waals surface area (Å²) >= 11 is 0. The van der Waals surface area contributed by atoms with E-state index in [-0.39, 0.29) is 6.10 Å². The van der Waals surface area contributed by atoms with Crippen molar-refractivity contribution in [3.05, 3.63) is 24.3 Å². The Morgan fingerprint density at radius 1 is 1.35 bits per heavy atom. The summed E-state index contributed by atoms with van der Waals surface area (Å²) in [6.07, 6.45) is -0.214. The smallest absolute Gasteiger partial charge is 0.310 e. The largest absolute Gasteiger partial charge is 0.488 e. The van der Waals surface area contributed by atoms with Crippen LogP contribution in [0.15, 0.2) is 24.3 Å². The third-order valence-corrected chi connectivity index (χ3v) is 3.85. The lowest BCUT2D eigenvalue weighted by Crippen LogP contribution is -2.47. The molecule has 1 aliphatic heterocycles. The van der Waals surface area contributed by atoms with Gasteiger partial charge >= 0.3 is 5.97 Å². The Kier molecular flexibility index (Phi) is 6.24. The molecule has 128 valence electrons. The van der Waals surface area contributed by atoms with Crippen LogP contribution in [-0.2, 0) is 4.79 Å². The lowest BCUT2D eigenvalue weighted by molar-refractivity contribution is -0.148. The average molecular weight is 323 g/mol. The Labute approximate surface area is 136 Å². The molecule has 1 aliphatic rings. The van der Waals surface area contributed by atoms with Crippen molar-refractivity contribution in [3.8, 4) is 11.5 Å². The summed E-state index contributed by atoms with van der Waals surface area (Å²) in [6.45, 7) is 6.01. The van der Waals surface area contributed by atoms with Gasteiger partial charge in [0.25, 0.3) is 0 Å². The summed E-state index contributed by atoms with van der Waals surface area (Å²) in [5, 5.41) is 18.8. The van der Waals surface area contributed by atoms with Crippen LogP contribution in [0.2, 0.25) is 0 Å². The van der Waals surface area contributed by atoms with Crippen LogP contribution in [0.25, 0.3) is 0 Å². The maximum absolute atomic E-state index is 11.1. The van der Waals surface area contributed by atoms with E-state index in [1.54, 1.807) is 0 Å². The van der Waals surface area contributed by atoms with Crippen molar-refractivity contribution in [1.29, 1.82) is 0 Å². The number of ether oxygens (including phenoxy) is 2. The number of piperidine rings is 1. The van der Waals surface area contributed by atoms with Crippen LogP contribution in [0.5, 0.6) is 11.5 Å². The summed E-state index contributed by atoms with van der Waals surface area (Å²) in [4.78, 5) is 13.1. The van der Waals surface area contributed by atoms with Gasteiger partial charge in [0.2, 0.25) is 0 Å². The van der Waals surface area contributed by atoms with E-state index in [0.717, 1.165) is 0 Å². The fourth-order valence-corrected chi connectivity index (χ4v) is 2.66. The van der Waals surface area contributed by atoms with Gasteiger partial charge in [0.05, 0.1) is 18.1 Å². The Morgan fingerprint density at radius 3 is 2.70 bits per heavy atom. The Balaban J connectivity index is 1.84. The fraction of sp³-hybridized carbons (Fsp3) is 0.588. The number of aliphatic hydroxyl groups excluding tert-OH is 1. The summed E-state index contributed by atoms with van der Waals surface area (Å²) in [6, 6.07) is 7.51. The number of likely N-dealkylation sites (tertiary alicyclic amines) is 1. The lowest BCUT2D eigenvalue weighted by Gasteiger charge is -2.33. The molecule has 2 N–H and O–H groups in total. The molecule has 0 aromatic heterocycles. The highest BCUT2D eigenvalue weighted by Crippen LogP contribution is 2.27. The van der Waals surface area contributed by atoms with Gasteiger partial charge in [-0.2, -0.15) is 0 Å². The topological polar surface area (TPSA) is 79.2 Å². The quantitative estimate of drug-likeness (QED) is 0.794. The number of hydrogen-bond donors (Lipinski definition) is 2. The number of aliphatic hydroxyl groups is 1. The molecule has 0 unspecified atom stereocenters. The first-order chi connectivity index (χ1) is 11.0. The van der Waals surface area contributed by atoms with Gasteiger partial charge in [0.15, 0.2) is 11.5 Å².